The Kier molecular flexibility index (Phi) is 6.57. The summed E-state index contributed by atoms with van der Waals surface area (Å²) in [5, 5.41) is 5.67. The van der Waals surface area contributed by atoms with Gasteiger partial charge in [0.25, 0.3) is 5.56 Å². The van der Waals surface area contributed by atoms with Crippen molar-refractivity contribution in [2.75, 3.05) is 7.11 Å². The van der Waals surface area contributed by atoms with Crippen LogP contribution < -0.4 is 5.56 Å². The smallest absolute Gasteiger partial charge is 0.362 e. The van der Waals surface area contributed by atoms with Crippen LogP contribution in [0.1, 0.15) is 21.6 Å². The molecule has 5 nitrogen and oxygen atoms in total. The van der Waals surface area contributed by atoms with E-state index in [2.05, 4.69) is 0 Å². The predicted molar refractivity (Wildman–Crippen MR) is 95.1 cm³/mol. The maximum Gasteiger partial charge on any atom is 0.362 e. The van der Waals surface area contributed by atoms with E-state index in [1.165, 1.54) is 13.2 Å². The molecule has 0 saturated carbocycles. The van der Waals surface area contributed by atoms with Gasteiger partial charge in [-0.05, 0) is 29.3 Å². The minimum Gasteiger partial charge on any atom is -0.477 e. The maximum absolute atomic E-state index is 13.4. The standard InChI is InChI=1S/C15H10Cl3F2NO4S/c1-25-5-6-2-3-7(16)12(11(6)17)26-8-4-9(15(18,19)20)21-13(22)10(8)14(23)24/h2-4H,5H2,1H3,(H,21,22)(H,23,24). The van der Waals surface area contributed by atoms with Crippen LogP contribution in [0.2, 0.25) is 10.0 Å². The summed E-state index contributed by atoms with van der Waals surface area (Å²) in [4.78, 5) is 25.0. The number of hydrogen-bond donors (Lipinski definition) is 2. The van der Waals surface area contributed by atoms with Gasteiger partial charge in [-0.3, -0.25) is 4.79 Å². The summed E-state index contributed by atoms with van der Waals surface area (Å²) in [6, 6.07) is 3.87. The molecule has 1 aromatic carbocycles. The van der Waals surface area contributed by atoms with Gasteiger partial charge in [0, 0.05) is 16.9 Å². The highest BCUT2D eigenvalue weighted by molar-refractivity contribution is 7.99. The van der Waals surface area contributed by atoms with Gasteiger partial charge in [0.2, 0.25) is 0 Å². The molecule has 1 heterocycles. The molecule has 2 rings (SSSR count). The van der Waals surface area contributed by atoms with Crippen molar-refractivity contribution in [3.63, 3.8) is 0 Å². The number of aromatic carboxylic acids is 1. The van der Waals surface area contributed by atoms with Crippen molar-refractivity contribution in [2.24, 2.45) is 0 Å². The summed E-state index contributed by atoms with van der Waals surface area (Å²) in [6.07, 6.45) is 0. The van der Waals surface area contributed by atoms with Crippen molar-refractivity contribution < 1.29 is 23.4 Å². The molecule has 0 radical (unpaired) electrons. The number of H-pyrrole nitrogens is 1. The van der Waals surface area contributed by atoms with Crippen molar-refractivity contribution >= 4 is 52.5 Å². The molecule has 0 aliphatic rings. The number of pyridine rings is 1. The van der Waals surface area contributed by atoms with Gasteiger partial charge in [0.05, 0.1) is 16.7 Å². The quantitative estimate of drug-likeness (QED) is 0.615. The van der Waals surface area contributed by atoms with Gasteiger partial charge in [-0.1, -0.05) is 41.0 Å². The molecule has 140 valence electrons. The number of carbonyl (C=O) groups is 1. The van der Waals surface area contributed by atoms with Gasteiger partial charge in [-0.25, -0.2) is 4.79 Å². The van der Waals surface area contributed by atoms with E-state index < -0.39 is 28.2 Å². The van der Waals surface area contributed by atoms with E-state index in [-0.39, 0.29) is 26.4 Å². The predicted octanol–water partition coefficient (Wildman–Crippen LogP) is 4.97. The van der Waals surface area contributed by atoms with Crippen LogP contribution >= 0.6 is 46.6 Å². The minimum absolute atomic E-state index is 0.149. The monoisotopic (exact) mass is 443 g/mol. The number of carboxylic acid groups (broad SMARTS) is 1. The van der Waals surface area contributed by atoms with Crippen LogP contribution in [-0.4, -0.2) is 23.2 Å². The van der Waals surface area contributed by atoms with Crippen molar-refractivity contribution in [2.45, 2.75) is 21.8 Å². The van der Waals surface area contributed by atoms with Gasteiger partial charge in [-0.15, -0.1) is 0 Å². The number of methoxy groups -OCH3 is 1. The molecule has 1 aromatic heterocycles. The average Bonchev–Trinajstić information content (AvgIpc) is 2.52. The number of nitrogens with one attached hydrogen (secondary N) is 1. The summed E-state index contributed by atoms with van der Waals surface area (Å²) in [6.45, 7) is 0.149. The summed E-state index contributed by atoms with van der Waals surface area (Å²) in [5.74, 6) is -1.60. The average molecular weight is 445 g/mol. The number of carboxylic acids is 1. The lowest BCUT2D eigenvalue weighted by Crippen LogP contribution is -2.23. The van der Waals surface area contributed by atoms with Crippen LogP contribution in [-0.2, 0) is 16.7 Å². The van der Waals surface area contributed by atoms with Crippen molar-refractivity contribution in [3.8, 4) is 0 Å². The highest BCUT2D eigenvalue weighted by Gasteiger charge is 2.32. The second kappa shape index (κ2) is 8.14. The zero-order valence-corrected chi connectivity index (χ0v) is 16.0. The second-order valence-corrected chi connectivity index (χ2v) is 7.25. The Morgan fingerprint density at radius 2 is 2.04 bits per heavy atom. The van der Waals surface area contributed by atoms with Crippen molar-refractivity contribution in [1.82, 2.24) is 4.98 Å². The van der Waals surface area contributed by atoms with Crippen LogP contribution in [0.5, 0.6) is 0 Å². The normalized spacial score (nSPS) is 11.6. The van der Waals surface area contributed by atoms with E-state index in [4.69, 9.17) is 39.5 Å². The Bertz CT molecular complexity index is 915. The second-order valence-electron chi connectivity index (χ2n) is 4.94. The lowest BCUT2D eigenvalue weighted by Gasteiger charge is -2.14. The summed E-state index contributed by atoms with van der Waals surface area (Å²) in [5.41, 5.74) is -2.36. The number of ether oxygens (including phenoxy) is 1. The van der Waals surface area contributed by atoms with Crippen LogP contribution in [0, 0.1) is 0 Å². The fourth-order valence-corrected chi connectivity index (χ4v) is 3.84. The molecule has 0 bridgehead atoms. The number of benzene rings is 1. The molecule has 0 aliphatic carbocycles. The van der Waals surface area contributed by atoms with Crippen LogP contribution in [0.25, 0.3) is 0 Å². The number of rotatable bonds is 6. The first-order valence-corrected chi connectivity index (χ1v) is 8.72. The lowest BCUT2D eigenvalue weighted by molar-refractivity contribution is 0.0686. The first-order chi connectivity index (χ1) is 12.1. The number of aromatic nitrogens is 1. The molecule has 0 saturated heterocycles. The molecule has 0 aliphatic heterocycles. The minimum atomic E-state index is -3.89. The van der Waals surface area contributed by atoms with Gasteiger partial charge in [-0.2, -0.15) is 8.78 Å². The van der Waals surface area contributed by atoms with E-state index in [1.54, 1.807) is 11.1 Å². The van der Waals surface area contributed by atoms with Gasteiger partial charge >= 0.3 is 11.4 Å². The van der Waals surface area contributed by atoms with Crippen LogP contribution in [0.15, 0.2) is 32.8 Å². The van der Waals surface area contributed by atoms with Gasteiger partial charge < -0.3 is 14.8 Å². The third kappa shape index (κ3) is 4.50. The van der Waals surface area contributed by atoms with E-state index in [0.29, 0.717) is 17.3 Å². The third-order valence-corrected chi connectivity index (χ3v) is 5.50. The Balaban J connectivity index is 2.66. The van der Waals surface area contributed by atoms with Gasteiger partial charge in [0.1, 0.15) is 11.3 Å². The number of halogens is 5. The number of aromatic amines is 1. The van der Waals surface area contributed by atoms with E-state index in [1.807, 2.05) is 0 Å². The molecular formula is C15H10Cl3F2NO4S. The summed E-state index contributed by atoms with van der Waals surface area (Å²) < 4.78 is 31.8. The Morgan fingerprint density at radius 3 is 2.58 bits per heavy atom. The Hall–Kier alpha value is -1.32. The fourth-order valence-electron chi connectivity index (χ4n) is 2.02. The molecule has 0 fully saturated rings. The number of hydrogen-bond acceptors (Lipinski definition) is 4. The molecule has 0 amide bonds. The zero-order chi connectivity index (χ0) is 19.6. The Labute approximate surface area is 165 Å². The lowest BCUT2D eigenvalue weighted by atomic mass is 10.2. The molecule has 0 spiro atoms. The molecule has 2 N–H and O–H groups in total. The molecule has 26 heavy (non-hydrogen) atoms. The first kappa shape index (κ1) is 21.0. The Morgan fingerprint density at radius 1 is 1.38 bits per heavy atom. The van der Waals surface area contributed by atoms with E-state index in [0.717, 1.165) is 6.07 Å². The summed E-state index contributed by atoms with van der Waals surface area (Å²) >= 11 is 18.0. The SMILES string of the molecule is COCc1ccc(Cl)c(Sc2cc(C(F)(F)Cl)[nH]c(=O)c2C(=O)O)c1Cl. The highest BCUT2D eigenvalue weighted by Crippen LogP contribution is 2.42. The first-order valence-electron chi connectivity index (χ1n) is 6.77. The third-order valence-electron chi connectivity index (χ3n) is 3.16. The van der Waals surface area contributed by atoms with Crippen LogP contribution in [0.4, 0.5) is 8.78 Å². The molecule has 0 atom stereocenters. The topological polar surface area (TPSA) is 79.4 Å². The zero-order valence-electron chi connectivity index (χ0n) is 12.9. The maximum atomic E-state index is 13.4. The highest BCUT2D eigenvalue weighted by atomic mass is 35.5. The van der Waals surface area contributed by atoms with Crippen LogP contribution in [0.3, 0.4) is 0 Å². The summed E-state index contributed by atoms with van der Waals surface area (Å²) in [7, 11) is 1.45. The molecule has 0 unspecified atom stereocenters. The van der Waals surface area contributed by atoms with Gasteiger partial charge in [0.15, 0.2) is 0 Å². The largest absolute Gasteiger partial charge is 0.477 e. The van der Waals surface area contributed by atoms with E-state index in [9.17, 15) is 23.5 Å². The molecular weight excluding hydrogens is 435 g/mol. The van der Waals surface area contributed by atoms with E-state index >= 15 is 0 Å². The van der Waals surface area contributed by atoms with Crippen molar-refractivity contribution in [3.05, 3.63) is 55.4 Å². The molecule has 11 heteroatoms. The van der Waals surface area contributed by atoms with Crippen molar-refractivity contribution in [1.29, 1.82) is 0 Å². The number of alkyl halides is 3. The molecule has 2 aromatic rings. The fraction of sp³-hybridized carbons (Fsp3) is 0.200.